The maximum absolute atomic E-state index is 13.9. The van der Waals surface area contributed by atoms with E-state index in [4.69, 9.17) is 11.6 Å². The minimum atomic E-state index is -0.343. The zero-order valence-electron chi connectivity index (χ0n) is 10.3. The lowest BCUT2D eigenvalue weighted by Gasteiger charge is -2.10. The summed E-state index contributed by atoms with van der Waals surface area (Å²) >= 11 is 7.41. The highest BCUT2D eigenvalue weighted by Gasteiger charge is 2.14. The molecule has 1 aromatic heterocycles. The molecular weight excluding hydrogens is 269 g/mol. The largest absolute Gasteiger partial charge is 0.312 e. The number of thiophene rings is 1. The third-order valence-electron chi connectivity index (χ3n) is 2.94. The molecule has 0 spiro atoms. The maximum Gasteiger partial charge on any atom is 0.150 e. The summed E-state index contributed by atoms with van der Waals surface area (Å²) in [6.07, 6.45) is 1.01. The molecule has 1 unspecified atom stereocenters. The van der Waals surface area contributed by atoms with Crippen LogP contribution in [0.1, 0.15) is 24.3 Å². The van der Waals surface area contributed by atoms with Crippen LogP contribution >= 0.6 is 22.9 Å². The molecule has 0 aliphatic rings. The van der Waals surface area contributed by atoms with Crippen molar-refractivity contribution in [3.05, 3.63) is 46.0 Å². The number of rotatable bonds is 4. The van der Waals surface area contributed by atoms with Gasteiger partial charge in [0.1, 0.15) is 5.82 Å². The maximum atomic E-state index is 13.9. The van der Waals surface area contributed by atoms with Crippen LogP contribution in [0.25, 0.3) is 10.4 Å². The highest BCUT2D eigenvalue weighted by molar-refractivity contribution is 7.15. The van der Waals surface area contributed by atoms with Crippen molar-refractivity contribution in [1.82, 2.24) is 5.32 Å². The van der Waals surface area contributed by atoms with Gasteiger partial charge in [-0.2, -0.15) is 0 Å². The van der Waals surface area contributed by atoms with Crippen molar-refractivity contribution < 1.29 is 4.39 Å². The van der Waals surface area contributed by atoms with E-state index in [0.29, 0.717) is 11.6 Å². The molecule has 0 saturated carbocycles. The fraction of sp³-hybridized carbons (Fsp3) is 0.286. The Morgan fingerprint density at radius 2 is 2.11 bits per heavy atom. The molecule has 0 saturated heterocycles. The Balaban J connectivity index is 2.38. The topological polar surface area (TPSA) is 12.0 Å². The molecule has 0 amide bonds. The Labute approximate surface area is 116 Å². The number of nitrogens with one attached hydrogen (secondary N) is 1. The number of hydrogen-bond donors (Lipinski definition) is 1. The molecule has 2 rings (SSSR count). The summed E-state index contributed by atoms with van der Waals surface area (Å²) in [7, 11) is 1.94. The van der Waals surface area contributed by atoms with Crippen LogP contribution in [0.4, 0.5) is 4.39 Å². The van der Waals surface area contributed by atoms with Gasteiger partial charge in [0.15, 0.2) is 0 Å². The quantitative estimate of drug-likeness (QED) is 0.843. The van der Waals surface area contributed by atoms with Crippen molar-refractivity contribution in [2.75, 3.05) is 7.05 Å². The fourth-order valence-electron chi connectivity index (χ4n) is 1.93. The monoisotopic (exact) mass is 283 g/mol. The minimum Gasteiger partial charge on any atom is -0.312 e. The first-order valence-electron chi connectivity index (χ1n) is 5.88. The van der Waals surface area contributed by atoms with Crippen molar-refractivity contribution in [3.63, 3.8) is 0 Å². The van der Waals surface area contributed by atoms with Gasteiger partial charge in [-0.25, -0.2) is 4.39 Å². The van der Waals surface area contributed by atoms with Gasteiger partial charge < -0.3 is 5.32 Å². The minimum absolute atomic E-state index is 0.170. The summed E-state index contributed by atoms with van der Waals surface area (Å²) in [6, 6.07) is 9.43. The molecule has 0 aliphatic carbocycles. The van der Waals surface area contributed by atoms with Crippen LogP contribution in [0.2, 0.25) is 5.02 Å². The van der Waals surface area contributed by atoms with E-state index in [0.717, 1.165) is 11.3 Å². The van der Waals surface area contributed by atoms with E-state index in [1.807, 2.05) is 19.2 Å². The molecule has 1 aromatic carbocycles. The van der Waals surface area contributed by atoms with Gasteiger partial charge in [-0.15, -0.1) is 11.3 Å². The molecule has 2 aromatic rings. The predicted octanol–water partition coefficient (Wildman–Crippen LogP) is 4.88. The van der Waals surface area contributed by atoms with Crippen molar-refractivity contribution in [2.24, 2.45) is 0 Å². The highest BCUT2D eigenvalue weighted by Crippen LogP contribution is 2.35. The van der Waals surface area contributed by atoms with Crippen molar-refractivity contribution in [1.29, 1.82) is 0 Å². The fourth-order valence-corrected chi connectivity index (χ4v) is 3.32. The van der Waals surface area contributed by atoms with Gasteiger partial charge in [0.05, 0.1) is 5.02 Å². The zero-order chi connectivity index (χ0) is 13.1. The molecule has 1 atom stereocenters. The second-order valence-corrected chi connectivity index (χ2v) is 5.58. The molecule has 96 valence electrons. The molecule has 0 aliphatic heterocycles. The Bertz CT molecular complexity index is 534. The molecule has 0 radical (unpaired) electrons. The van der Waals surface area contributed by atoms with E-state index >= 15 is 0 Å². The smallest absolute Gasteiger partial charge is 0.150 e. The van der Waals surface area contributed by atoms with E-state index in [2.05, 4.69) is 12.2 Å². The second kappa shape index (κ2) is 5.83. The standard InChI is InChI=1S/C14H15ClFNS/c1-3-11(17-2)13-8-7-12(18-13)9-5-4-6-10(15)14(9)16/h4-8,11,17H,3H2,1-2H3. The summed E-state index contributed by atoms with van der Waals surface area (Å²) in [6.45, 7) is 2.13. The van der Waals surface area contributed by atoms with Crippen LogP contribution in [0.5, 0.6) is 0 Å². The average Bonchev–Trinajstić information content (AvgIpc) is 2.84. The Morgan fingerprint density at radius 1 is 1.33 bits per heavy atom. The number of hydrogen-bond acceptors (Lipinski definition) is 2. The van der Waals surface area contributed by atoms with E-state index in [1.54, 1.807) is 29.5 Å². The van der Waals surface area contributed by atoms with Gasteiger partial charge in [0.2, 0.25) is 0 Å². The van der Waals surface area contributed by atoms with E-state index in [1.165, 1.54) is 4.88 Å². The van der Waals surface area contributed by atoms with Gasteiger partial charge in [-0.05, 0) is 31.7 Å². The van der Waals surface area contributed by atoms with E-state index in [-0.39, 0.29) is 10.8 Å². The molecular formula is C14H15ClFNS. The van der Waals surface area contributed by atoms with Crippen LogP contribution in [0.15, 0.2) is 30.3 Å². The van der Waals surface area contributed by atoms with Crippen molar-refractivity contribution >= 4 is 22.9 Å². The zero-order valence-corrected chi connectivity index (χ0v) is 11.9. The Morgan fingerprint density at radius 3 is 2.78 bits per heavy atom. The average molecular weight is 284 g/mol. The lowest BCUT2D eigenvalue weighted by atomic mass is 10.1. The molecule has 18 heavy (non-hydrogen) atoms. The normalized spacial score (nSPS) is 12.7. The molecule has 1 N–H and O–H groups in total. The third-order valence-corrected chi connectivity index (χ3v) is 4.47. The SMILES string of the molecule is CCC(NC)c1ccc(-c2cccc(Cl)c2F)s1. The summed E-state index contributed by atoms with van der Waals surface area (Å²) in [5.74, 6) is -0.343. The van der Waals surface area contributed by atoms with Crippen molar-refractivity contribution in [3.8, 4) is 10.4 Å². The predicted molar refractivity (Wildman–Crippen MR) is 76.8 cm³/mol. The lowest BCUT2D eigenvalue weighted by molar-refractivity contribution is 0.586. The second-order valence-electron chi connectivity index (χ2n) is 4.05. The Kier molecular flexibility index (Phi) is 4.38. The number of benzene rings is 1. The Hall–Kier alpha value is -0.900. The van der Waals surface area contributed by atoms with Gasteiger partial charge in [-0.1, -0.05) is 30.7 Å². The van der Waals surface area contributed by atoms with E-state index in [9.17, 15) is 4.39 Å². The molecule has 1 heterocycles. The summed E-state index contributed by atoms with van der Waals surface area (Å²) < 4.78 is 13.9. The van der Waals surface area contributed by atoms with Crippen molar-refractivity contribution in [2.45, 2.75) is 19.4 Å². The molecule has 0 bridgehead atoms. The van der Waals surface area contributed by atoms with Crippen LogP contribution < -0.4 is 5.32 Å². The van der Waals surface area contributed by atoms with Crippen LogP contribution in [-0.2, 0) is 0 Å². The van der Waals surface area contributed by atoms with Crippen LogP contribution in [0.3, 0.4) is 0 Å². The van der Waals surface area contributed by atoms with E-state index < -0.39 is 0 Å². The summed E-state index contributed by atoms with van der Waals surface area (Å²) in [5, 5.41) is 3.42. The van der Waals surface area contributed by atoms with Gasteiger partial charge in [0, 0.05) is 21.4 Å². The summed E-state index contributed by atoms with van der Waals surface area (Å²) in [4.78, 5) is 2.13. The first-order valence-corrected chi connectivity index (χ1v) is 7.08. The number of halogens is 2. The lowest BCUT2D eigenvalue weighted by Crippen LogP contribution is -2.13. The summed E-state index contributed by atoms with van der Waals surface area (Å²) in [5.41, 5.74) is 0.574. The van der Waals surface area contributed by atoms with Gasteiger partial charge >= 0.3 is 0 Å². The first-order chi connectivity index (χ1) is 8.67. The van der Waals surface area contributed by atoms with Gasteiger partial charge in [0.25, 0.3) is 0 Å². The molecule has 0 fully saturated rings. The third kappa shape index (κ3) is 2.58. The molecule has 4 heteroatoms. The molecule has 1 nitrogen and oxygen atoms in total. The van der Waals surface area contributed by atoms with Crippen LogP contribution in [-0.4, -0.2) is 7.05 Å². The van der Waals surface area contributed by atoms with Gasteiger partial charge in [-0.3, -0.25) is 0 Å². The van der Waals surface area contributed by atoms with Crippen LogP contribution in [0, 0.1) is 5.82 Å². The highest BCUT2D eigenvalue weighted by atomic mass is 35.5. The first kappa shape index (κ1) is 13.5.